The highest BCUT2D eigenvalue weighted by molar-refractivity contribution is 9.10. The van der Waals surface area contributed by atoms with E-state index in [0.717, 1.165) is 21.4 Å². The molecule has 0 unspecified atom stereocenters. The van der Waals surface area contributed by atoms with Crippen molar-refractivity contribution >= 4 is 44.9 Å². The average Bonchev–Trinajstić information content (AvgIpc) is 2.58. The van der Waals surface area contributed by atoms with Gasteiger partial charge in [0.25, 0.3) is 0 Å². The van der Waals surface area contributed by atoms with E-state index in [0.29, 0.717) is 17.3 Å². The van der Waals surface area contributed by atoms with Crippen molar-refractivity contribution in [3.63, 3.8) is 0 Å². The van der Waals surface area contributed by atoms with Gasteiger partial charge < -0.3 is 10.6 Å². The first-order valence-electron chi connectivity index (χ1n) is 7.75. The number of hydrogen-bond donors (Lipinski definition) is 2. The molecule has 0 aliphatic rings. The van der Waals surface area contributed by atoms with Gasteiger partial charge in [0, 0.05) is 27.6 Å². The summed E-state index contributed by atoms with van der Waals surface area (Å²) in [6.45, 7) is 3.56. The standard InChI is InChI=1S/C19H17BrN4O/c1-12-10-15(20)6-7-17(12)23-19-21-9-8-18(24-19)22-16-5-3-4-14(11-16)13(2)25/h3-11H,1-2H3,(H2,21,22,23,24). The summed E-state index contributed by atoms with van der Waals surface area (Å²) in [5.41, 5.74) is 3.49. The van der Waals surface area contributed by atoms with E-state index in [1.54, 1.807) is 31.3 Å². The fraction of sp³-hybridized carbons (Fsp3) is 0.105. The van der Waals surface area contributed by atoms with Crippen molar-refractivity contribution in [3.05, 3.63) is 70.3 Å². The molecular weight excluding hydrogens is 380 g/mol. The van der Waals surface area contributed by atoms with Crippen molar-refractivity contribution in [2.24, 2.45) is 0 Å². The first-order chi connectivity index (χ1) is 12.0. The second kappa shape index (κ2) is 7.44. The number of aryl methyl sites for hydroxylation is 1. The lowest BCUT2D eigenvalue weighted by Gasteiger charge is -2.11. The molecule has 0 atom stereocenters. The predicted molar refractivity (Wildman–Crippen MR) is 104 cm³/mol. The first-order valence-corrected chi connectivity index (χ1v) is 8.55. The number of hydrogen-bond acceptors (Lipinski definition) is 5. The van der Waals surface area contributed by atoms with E-state index in [2.05, 4.69) is 36.5 Å². The summed E-state index contributed by atoms with van der Waals surface area (Å²) >= 11 is 3.45. The van der Waals surface area contributed by atoms with Crippen molar-refractivity contribution < 1.29 is 4.79 Å². The third-order valence-electron chi connectivity index (χ3n) is 3.63. The number of halogens is 1. The Balaban J connectivity index is 1.79. The lowest BCUT2D eigenvalue weighted by molar-refractivity contribution is 0.101. The third kappa shape index (κ3) is 4.42. The molecule has 1 heterocycles. The molecule has 0 spiro atoms. The molecular formula is C19H17BrN4O. The molecule has 126 valence electrons. The van der Waals surface area contributed by atoms with Crippen LogP contribution in [0.5, 0.6) is 0 Å². The van der Waals surface area contributed by atoms with E-state index in [9.17, 15) is 4.79 Å². The second-order valence-electron chi connectivity index (χ2n) is 5.61. The zero-order valence-electron chi connectivity index (χ0n) is 13.9. The molecule has 1 aromatic heterocycles. The molecule has 0 amide bonds. The lowest BCUT2D eigenvalue weighted by Crippen LogP contribution is -2.02. The topological polar surface area (TPSA) is 66.9 Å². The fourth-order valence-electron chi connectivity index (χ4n) is 2.34. The highest BCUT2D eigenvalue weighted by Gasteiger charge is 2.05. The quantitative estimate of drug-likeness (QED) is 0.577. The molecule has 0 saturated carbocycles. The van der Waals surface area contributed by atoms with Gasteiger partial charge in [0.1, 0.15) is 5.82 Å². The van der Waals surface area contributed by atoms with E-state index in [1.165, 1.54) is 0 Å². The number of rotatable bonds is 5. The van der Waals surface area contributed by atoms with Crippen LogP contribution in [-0.2, 0) is 0 Å². The van der Waals surface area contributed by atoms with Gasteiger partial charge >= 0.3 is 0 Å². The number of anilines is 4. The average molecular weight is 397 g/mol. The van der Waals surface area contributed by atoms with Crippen LogP contribution < -0.4 is 10.6 Å². The van der Waals surface area contributed by atoms with E-state index < -0.39 is 0 Å². The van der Waals surface area contributed by atoms with E-state index >= 15 is 0 Å². The zero-order chi connectivity index (χ0) is 17.8. The summed E-state index contributed by atoms with van der Waals surface area (Å²) in [6, 6.07) is 15.1. The van der Waals surface area contributed by atoms with E-state index in [-0.39, 0.29) is 5.78 Å². The summed E-state index contributed by atoms with van der Waals surface area (Å²) in [4.78, 5) is 20.2. The molecule has 3 rings (SSSR count). The van der Waals surface area contributed by atoms with Gasteiger partial charge in [-0.05, 0) is 55.8 Å². The Morgan fingerprint density at radius 1 is 1.08 bits per heavy atom. The van der Waals surface area contributed by atoms with Gasteiger partial charge in [-0.2, -0.15) is 4.98 Å². The largest absolute Gasteiger partial charge is 0.340 e. The molecule has 3 aromatic rings. The van der Waals surface area contributed by atoms with Crippen LogP contribution >= 0.6 is 15.9 Å². The molecule has 0 radical (unpaired) electrons. The Kier molecular flexibility index (Phi) is 5.09. The molecule has 2 N–H and O–H groups in total. The summed E-state index contributed by atoms with van der Waals surface area (Å²) < 4.78 is 1.03. The number of nitrogens with zero attached hydrogens (tertiary/aromatic N) is 2. The number of Topliss-reactive ketones (excluding diaryl/α,β-unsaturated/α-hetero) is 1. The summed E-state index contributed by atoms with van der Waals surface area (Å²) in [5.74, 6) is 1.17. The van der Waals surface area contributed by atoms with Crippen LogP contribution in [0.4, 0.5) is 23.1 Å². The van der Waals surface area contributed by atoms with Crippen molar-refractivity contribution in [3.8, 4) is 0 Å². The van der Waals surface area contributed by atoms with Crippen LogP contribution in [0.2, 0.25) is 0 Å². The van der Waals surface area contributed by atoms with Crippen molar-refractivity contribution in [2.75, 3.05) is 10.6 Å². The van der Waals surface area contributed by atoms with Crippen LogP contribution in [0.15, 0.2) is 59.2 Å². The number of benzene rings is 2. The van der Waals surface area contributed by atoms with Gasteiger partial charge in [-0.3, -0.25) is 4.79 Å². The predicted octanol–water partition coefficient (Wildman–Crippen LogP) is 5.24. The molecule has 5 nitrogen and oxygen atoms in total. The van der Waals surface area contributed by atoms with Crippen LogP contribution in [0.3, 0.4) is 0 Å². The Morgan fingerprint density at radius 2 is 1.92 bits per heavy atom. The van der Waals surface area contributed by atoms with Crippen molar-refractivity contribution in [1.29, 1.82) is 0 Å². The summed E-state index contributed by atoms with van der Waals surface area (Å²) in [6.07, 6.45) is 1.68. The second-order valence-corrected chi connectivity index (χ2v) is 6.53. The number of aromatic nitrogens is 2. The number of carbonyl (C=O) groups is 1. The third-order valence-corrected chi connectivity index (χ3v) is 4.13. The first kappa shape index (κ1) is 17.1. The van der Waals surface area contributed by atoms with Gasteiger partial charge in [-0.15, -0.1) is 0 Å². The number of carbonyl (C=O) groups excluding carboxylic acids is 1. The molecule has 6 heteroatoms. The van der Waals surface area contributed by atoms with E-state index in [4.69, 9.17) is 0 Å². The van der Waals surface area contributed by atoms with Gasteiger partial charge in [0.05, 0.1) is 0 Å². The molecule has 0 fully saturated rings. The Hall–Kier alpha value is -2.73. The molecule has 0 bridgehead atoms. The SMILES string of the molecule is CC(=O)c1cccc(Nc2ccnc(Nc3ccc(Br)cc3C)n2)c1. The van der Waals surface area contributed by atoms with Gasteiger partial charge in [-0.1, -0.05) is 28.1 Å². The normalized spacial score (nSPS) is 10.4. The molecule has 0 aliphatic heterocycles. The maximum Gasteiger partial charge on any atom is 0.229 e. The minimum absolute atomic E-state index is 0.0272. The van der Waals surface area contributed by atoms with Gasteiger partial charge in [-0.25, -0.2) is 4.98 Å². The lowest BCUT2D eigenvalue weighted by atomic mass is 10.1. The fourth-order valence-corrected chi connectivity index (χ4v) is 2.82. The van der Waals surface area contributed by atoms with Crippen LogP contribution in [-0.4, -0.2) is 15.8 Å². The molecule has 0 aliphatic carbocycles. The zero-order valence-corrected chi connectivity index (χ0v) is 15.5. The Bertz CT molecular complexity index is 927. The maximum atomic E-state index is 11.5. The highest BCUT2D eigenvalue weighted by atomic mass is 79.9. The highest BCUT2D eigenvalue weighted by Crippen LogP contribution is 2.23. The molecule has 2 aromatic carbocycles. The smallest absolute Gasteiger partial charge is 0.229 e. The van der Waals surface area contributed by atoms with Crippen LogP contribution in [0, 0.1) is 6.92 Å². The maximum absolute atomic E-state index is 11.5. The van der Waals surface area contributed by atoms with Crippen LogP contribution in [0.25, 0.3) is 0 Å². The molecule has 25 heavy (non-hydrogen) atoms. The minimum atomic E-state index is 0.0272. The van der Waals surface area contributed by atoms with E-state index in [1.807, 2.05) is 37.3 Å². The Morgan fingerprint density at radius 3 is 2.68 bits per heavy atom. The van der Waals surface area contributed by atoms with Gasteiger partial charge in [0.15, 0.2) is 5.78 Å². The Labute approximate surface area is 154 Å². The minimum Gasteiger partial charge on any atom is -0.340 e. The monoisotopic (exact) mass is 396 g/mol. The van der Waals surface area contributed by atoms with Crippen molar-refractivity contribution in [2.45, 2.75) is 13.8 Å². The number of ketones is 1. The van der Waals surface area contributed by atoms with Gasteiger partial charge in [0.2, 0.25) is 5.95 Å². The van der Waals surface area contributed by atoms with Crippen molar-refractivity contribution in [1.82, 2.24) is 9.97 Å². The number of nitrogens with one attached hydrogen (secondary N) is 2. The van der Waals surface area contributed by atoms with Crippen LogP contribution in [0.1, 0.15) is 22.8 Å². The molecule has 0 saturated heterocycles. The summed E-state index contributed by atoms with van der Waals surface area (Å²) in [7, 11) is 0. The summed E-state index contributed by atoms with van der Waals surface area (Å²) in [5, 5.41) is 6.42.